The summed E-state index contributed by atoms with van der Waals surface area (Å²) in [7, 11) is 0. The Hall–Kier alpha value is -1.89. The summed E-state index contributed by atoms with van der Waals surface area (Å²) in [6, 6.07) is 11.7. The third-order valence-corrected chi connectivity index (χ3v) is 2.22. The highest BCUT2D eigenvalue weighted by Crippen LogP contribution is 2.08. The number of nitrogens with zero attached hydrogens (tertiary/aromatic N) is 3. The molecule has 0 saturated carbocycles. The van der Waals surface area contributed by atoms with Crippen LogP contribution in [0.15, 0.2) is 35.6 Å². The number of nitroso groups, excluding NO2 is 1. The van der Waals surface area contributed by atoms with Crippen LogP contribution >= 0.6 is 0 Å². The Morgan fingerprint density at radius 2 is 2.13 bits per heavy atom. The second-order valence-corrected chi connectivity index (χ2v) is 3.38. The number of rotatable bonds is 5. The molecular weight excluding hydrogens is 190 g/mol. The molecule has 0 heterocycles. The Morgan fingerprint density at radius 3 is 2.67 bits per heavy atom. The van der Waals surface area contributed by atoms with Crippen LogP contribution in [0.3, 0.4) is 0 Å². The molecule has 0 aliphatic rings. The quantitative estimate of drug-likeness (QED) is 0.418. The van der Waals surface area contributed by atoms with Crippen LogP contribution in [0.25, 0.3) is 0 Å². The third-order valence-electron chi connectivity index (χ3n) is 2.22. The van der Waals surface area contributed by atoms with E-state index in [2.05, 4.69) is 5.29 Å². The molecule has 15 heavy (non-hydrogen) atoms. The molecule has 0 aliphatic heterocycles. The van der Waals surface area contributed by atoms with Crippen molar-refractivity contribution in [1.29, 1.82) is 5.26 Å². The highest BCUT2D eigenvalue weighted by Gasteiger charge is 2.12. The Labute approximate surface area is 89.1 Å². The second-order valence-electron chi connectivity index (χ2n) is 3.38. The first kappa shape index (κ1) is 11.2. The number of benzene rings is 1. The van der Waals surface area contributed by atoms with Gasteiger partial charge in [-0.15, -0.1) is 4.91 Å². The van der Waals surface area contributed by atoms with Gasteiger partial charge in [0.15, 0.2) is 0 Å². The predicted octanol–water partition coefficient (Wildman–Crippen LogP) is 2.12. The Kier molecular flexibility index (Phi) is 4.30. The molecule has 0 saturated heterocycles. The zero-order chi connectivity index (χ0) is 11.1. The molecule has 0 aromatic heterocycles. The molecule has 0 aliphatic carbocycles. The van der Waals surface area contributed by atoms with Crippen molar-refractivity contribution in [2.45, 2.75) is 19.4 Å². The first-order valence-corrected chi connectivity index (χ1v) is 4.78. The largest absolute Gasteiger partial charge is 0.244 e. The maximum atomic E-state index is 10.5. The fourth-order valence-corrected chi connectivity index (χ4v) is 1.40. The summed E-state index contributed by atoms with van der Waals surface area (Å²) in [4.78, 5) is 10.5. The molecule has 0 radical (unpaired) electrons. The molecule has 0 amide bonds. The van der Waals surface area contributed by atoms with Crippen LogP contribution in [0.4, 0.5) is 0 Å². The summed E-state index contributed by atoms with van der Waals surface area (Å²) in [6.07, 6.45) is 0.717. The first-order valence-electron chi connectivity index (χ1n) is 4.78. The van der Waals surface area contributed by atoms with E-state index in [4.69, 9.17) is 5.26 Å². The van der Waals surface area contributed by atoms with Crippen molar-refractivity contribution >= 4 is 0 Å². The van der Waals surface area contributed by atoms with E-state index in [0.717, 1.165) is 5.56 Å². The fourth-order valence-electron chi connectivity index (χ4n) is 1.40. The van der Waals surface area contributed by atoms with Crippen molar-refractivity contribution < 1.29 is 0 Å². The van der Waals surface area contributed by atoms with E-state index in [1.165, 1.54) is 5.01 Å². The molecule has 1 atom stereocenters. The van der Waals surface area contributed by atoms with Gasteiger partial charge in [0, 0.05) is 0 Å². The van der Waals surface area contributed by atoms with Crippen LogP contribution in [0.5, 0.6) is 0 Å². The minimum atomic E-state index is -0.0513. The van der Waals surface area contributed by atoms with Gasteiger partial charge in [0.2, 0.25) is 0 Å². The Bertz CT molecular complexity index is 345. The van der Waals surface area contributed by atoms with Gasteiger partial charge in [-0.25, -0.2) is 5.01 Å². The Balaban J connectivity index is 2.58. The topological polar surface area (TPSA) is 56.5 Å². The van der Waals surface area contributed by atoms with Crippen molar-refractivity contribution in [2.24, 2.45) is 5.29 Å². The lowest BCUT2D eigenvalue weighted by molar-refractivity contribution is 0.240. The van der Waals surface area contributed by atoms with Crippen LogP contribution in [-0.2, 0) is 6.42 Å². The van der Waals surface area contributed by atoms with Crippen molar-refractivity contribution in [3.8, 4) is 6.07 Å². The fraction of sp³-hybridized carbons (Fsp3) is 0.364. The zero-order valence-corrected chi connectivity index (χ0v) is 8.63. The van der Waals surface area contributed by atoms with Gasteiger partial charge in [0.25, 0.3) is 0 Å². The van der Waals surface area contributed by atoms with E-state index in [-0.39, 0.29) is 12.6 Å². The lowest BCUT2D eigenvalue weighted by Gasteiger charge is -2.19. The second kappa shape index (κ2) is 5.76. The van der Waals surface area contributed by atoms with Crippen LogP contribution in [0, 0.1) is 16.2 Å². The predicted molar refractivity (Wildman–Crippen MR) is 57.7 cm³/mol. The normalized spacial score (nSPS) is 11.5. The van der Waals surface area contributed by atoms with Crippen molar-refractivity contribution in [2.75, 3.05) is 6.54 Å². The smallest absolute Gasteiger partial charge is 0.126 e. The minimum absolute atomic E-state index is 0.0392. The number of nitriles is 1. The van der Waals surface area contributed by atoms with Gasteiger partial charge in [-0.2, -0.15) is 5.26 Å². The number of hydrogen-bond donors (Lipinski definition) is 0. The SMILES string of the molecule is C[C@H](Cc1ccccc1)N(CC#N)N=O. The summed E-state index contributed by atoms with van der Waals surface area (Å²) < 4.78 is 0. The molecule has 1 aromatic carbocycles. The van der Waals surface area contributed by atoms with Crippen LogP contribution in [-0.4, -0.2) is 17.6 Å². The molecule has 0 spiro atoms. The van der Waals surface area contributed by atoms with Crippen molar-refractivity contribution in [3.63, 3.8) is 0 Å². The summed E-state index contributed by atoms with van der Waals surface area (Å²) >= 11 is 0. The van der Waals surface area contributed by atoms with Gasteiger partial charge in [0.1, 0.15) is 6.54 Å². The van der Waals surface area contributed by atoms with E-state index < -0.39 is 0 Å². The molecule has 4 nitrogen and oxygen atoms in total. The van der Waals surface area contributed by atoms with Gasteiger partial charge in [-0.3, -0.25) is 0 Å². The molecule has 4 heteroatoms. The monoisotopic (exact) mass is 203 g/mol. The van der Waals surface area contributed by atoms with Gasteiger partial charge in [0.05, 0.1) is 17.4 Å². The maximum absolute atomic E-state index is 10.5. The van der Waals surface area contributed by atoms with Crippen LogP contribution < -0.4 is 0 Å². The molecule has 0 unspecified atom stereocenters. The lowest BCUT2D eigenvalue weighted by Crippen LogP contribution is -2.29. The van der Waals surface area contributed by atoms with Crippen LogP contribution in [0.1, 0.15) is 12.5 Å². The number of hydrogen-bond acceptors (Lipinski definition) is 3. The van der Waals surface area contributed by atoms with E-state index in [9.17, 15) is 4.91 Å². The molecule has 0 fully saturated rings. The average molecular weight is 203 g/mol. The molecular formula is C11H13N3O. The van der Waals surface area contributed by atoms with Gasteiger partial charge in [-0.05, 0) is 18.9 Å². The molecule has 0 N–H and O–H groups in total. The third kappa shape index (κ3) is 3.39. The lowest BCUT2D eigenvalue weighted by atomic mass is 10.1. The van der Waals surface area contributed by atoms with Gasteiger partial charge < -0.3 is 0 Å². The summed E-state index contributed by atoms with van der Waals surface area (Å²) in [5, 5.41) is 12.6. The highest BCUT2D eigenvalue weighted by atomic mass is 16.3. The van der Waals surface area contributed by atoms with E-state index in [0.29, 0.717) is 6.42 Å². The average Bonchev–Trinajstić information content (AvgIpc) is 2.27. The Morgan fingerprint density at radius 1 is 1.47 bits per heavy atom. The van der Waals surface area contributed by atoms with Crippen LogP contribution in [0.2, 0.25) is 0 Å². The molecule has 1 aromatic rings. The maximum Gasteiger partial charge on any atom is 0.126 e. The van der Waals surface area contributed by atoms with Gasteiger partial charge in [-0.1, -0.05) is 30.3 Å². The summed E-state index contributed by atoms with van der Waals surface area (Å²) in [5.74, 6) is 0. The van der Waals surface area contributed by atoms with Crippen molar-refractivity contribution in [3.05, 3.63) is 40.8 Å². The van der Waals surface area contributed by atoms with Gasteiger partial charge >= 0.3 is 0 Å². The van der Waals surface area contributed by atoms with E-state index in [1.807, 2.05) is 43.3 Å². The standard InChI is InChI=1S/C11H13N3O/c1-10(14(13-15)8-7-12)9-11-5-3-2-4-6-11/h2-6,10H,8-9H2,1H3/t10-/m1/s1. The van der Waals surface area contributed by atoms with E-state index in [1.54, 1.807) is 0 Å². The minimum Gasteiger partial charge on any atom is -0.244 e. The summed E-state index contributed by atoms with van der Waals surface area (Å²) in [5.41, 5.74) is 1.14. The summed E-state index contributed by atoms with van der Waals surface area (Å²) in [6.45, 7) is 1.92. The molecule has 0 bridgehead atoms. The molecule has 78 valence electrons. The molecule has 1 rings (SSSR count). The zero-order valence-electron chi connectivity index (χ0n) is 8.63. The highest BCUT2D eigenvalue weighted by molar-refractivity contribution is 5.15. The first-order chi connectivity index (χ1) is 7.27. The van der Waals surface area contributed by atoms with Crippen molar-refractivity contribution in [1.82, 2.24) is 5.01 Å². The van der Waals surface area contributed by atoms with E-state index >= 15 is 0 Å².